The molecule has 0 radical (unpaired) electrons. The number of hydrogen-bond acceptors (Lipinski definition) is 5. The molecule has 1 aliphatic heterocycles. The molecular formula is C16H17F4N5. The maximum Gasteiger partial charge on any atom is 0.433 e. The minimum absolute atomic E-state index is 0.0332. The lowest BCUT2D eigenvalue weighted by molar-refractivity contribution is -0.141. The van der Waals surface area contributed by atoms with E-state index < -0.39 is 11.9 Å². The van der Waals surface area contributed by atoms with E-state index in [1.807, 2.05) is 0 Å². The van der Waals surface area contributed by atoms with E-state index in [2.05, 4.69) is 25.2 Å². The summed E-state index contributed by atoms with van der Waals surface area (Å²) in [6.07, 6.45) is 1.03. The summed E-state index contributed by atoms with van der Waals surface area (Å²) in [4.78, 5) is 13.3. The van der Waals surface area contributed by atoms with Crippen LogP contribution in [0.5, 0.6) is 0 Å². The summed E-state index contributed by atoms with van der Waals surface area (Å²) in [5, 5.41) is 2.97. The van der Waals surface area contributed by atoms with E-state index in [1.54, 1.807) is 6.20 Å². The smallest absolute Gasteiger partial charge is 0.350 e. The third-order valence-electron chi connectivity index (χ3n) is 3.95. The molecule has 0 spiro atoms. The van der Waals surface area contributed by atoms with E-state index >= 15 is 0 Å². The van der Waals surface area contributed by atoms with Crippen molar-refractivity contribution in [3.8, 4) is 0 Å². The van der Waals surface area contributed by atoms with Gasteiger partial charge in [0.2, 0.25) is 5.95 Å². The first-order chi connectivity index (χ1) is 11.9. The molecule has 0 aromatic carbocycles. The molecule has 3 rings (SSSR count). The highest BCUT2D eigenvalue weighted by atomic mass is 19.4. The van der Waals surface area contributed by atoms with Gasteiger partial charge in [-0.15, -0.1) is 0 Å². The quantitative estimate of drug-likeness (QED) is 0.854. The van der Waals surface area contributed by atoms with Gasteiger partial charge >= 0.3 is 6.18 Å². The van der Waals surface area contributed by atoms with E-state index in [-0.39, 0.29) is 17.8 Å². The molecule has 1 fully saturated rings. The van der Waals surface area contributed by atoms with E-state index in [0.717, 1.165) is 43.4 Å². The fourth-order valence-corrected chi connectivity index (χ4v) is 2.89. The summed E-state index contributed by atoms with van der Waals surface area (Å²) >= 11 is 0. The number of nitrogens with one attached hydrogen (secondary N) is 1. The molecule has 0 aliphatic carbocycles. The highest BCUT2D eigenvalue weighted by Crippen LogP contribution is 2.27. The third-order valence-corrected chi connectivity index (χ3v) is 3.95. The average Bonchev–Trinajstić information content (AvgIpc) is 2.55. The van der Waals surface area contributed by atoms with Gasteiger partial charge in [0.05, 0.1) is 6.20 Å². The summed E-state index contributed by atoms with van der Waals surface area (Å²) in [6, 6.07) is 2.20. The van der Waals surface area contributed by atoms with Crippen LogP contribution in [0, 0.1) is 5.82 Å². The van der Waals surface area contributed by atoms with Crippen LogP contribution in [-0.2, 0) is 12.7 Å². The molecule has 0 amide bonds. The topological polar surface area (TPSA) is 53.9 Å². The zero-order chi connectivity index (χ0) is 17.9. The lowest BCUT2D eigenvalue weighted by Gasteiger charge is -2.33. The number of aromatic nitrogens is 3. The summed E-state index contributed by atoms with van der Waals surface area (Å²) in [5.41, 5.74) is -0.209. The Morgan fingerprint density at radius 3 is 2.88 bits per heavy atom. The van der Waals surface area contributed by atoms with E-state index in [9.17, 15) is 17.6 Å². The number of piperidine rings is 1. The summed E-state index contributed by atoms with van der Waals surface area (Å²) in [6.45, 7) is 1.97. The van der Waals surface area contributed by atoms with Crippen LogP contribution in [0.2, 0.25) is 0 Å². The fourth-order valence-electron chi connectivity index (χ4n) is 2.89. The van der Waals surface area contributed by atoms with Gasteiger partial charge < -0.3 is 5.32 Å². The Bertz CT molecular complexity index is 722. The number of pyridine rings is 1. The van der Waals surface area contributed by atoms with Crippen molar-refractivity contribution in [1.29, 1.82) is 0 Å². The number of halogens is 4. The molecule has 1 N–H and O–H groups in total. The van der Waals surface area contributed by atoms with Crippen molar-refractivity contribution in [3.05, 3.63) is 47.8 Å². The molecule has 0 saturated carbocycles. The minimum atomic E-state index is -4.50. The van der Waals surface area contributed by atoms with Gasteiger partial charge in [0.1, 0.15) is 11.5 Å². The van der Waals surface area contributed by atoms with Gasteiger partial charge in [0, 0.05) is 31.5 Å². The monoisotopic (exact) mass is 355 g/mol. The highest BCUT2D eigenvalue weighted by molar-refractivity contribution is 5.28. The van der Waals surface area contributed by atoms with Crippen molar-refractivity contribution in [2.75, 3.05) is 18.4 Å². The van der Waals surface area contributed by atoms with Gasteiger partial charge in [0.15, 0.2) is 0 Å². The first-order valence-corrected chi connectivity index (χ1v) is 7.89. The van der Waals surface area contributed by atoms with Crippen molar-refractivity contribution in [2.24, 2.45) is 0 Å². The van der Waals surface area contributed by atoms with E-state index in [0.29, 0.717) is 13.1 Å². The molecule has 1 aliphatic rings. The number of anilines is 1. The van der Waals surface area contributed by atoms with Crippen LogP contribution < -0.4 is 5.32 Å². The summed E-state index contributed by atoms with van der Waals surface area (Å²) in [5.74, 6) is -0.421. The Hall–Kier alpha value is -2.29. The maximum absolute atomic E-state index is 13.2. The van der Waals surface area contributed by atoms with Crippen LogP contribution in [0.4, 0.5) is 23.5 Å². The SMILES string of the molecule is Fc1cncc(CN2CCCC(Nc3nccc(C(F)(F)F)n3)C2)c1. The Morgan fingerprint density at radius 2 is 2.12 bits per heavy atom. The molecule has 1 saturated heterocycles. The van der Waals surface area contributed by atoms with Crippen LogP contribution >= 0.6 is 0 Å². The minimum Gasteiger partial charge on any atom is -0.350 e. The molecule has 1 atom stereocenters. The number of rotatable bonds is 4. The lowest BCUT2D eigenvalue weighted by Crippen LogP contribution is -2.42. The molecule has 0 bridgehead atoms. The molecule has 2 aromatic rings. The standard InChI is InChI=1S/C16H17F4N5/c17-12-6-11(7-21-8-12)9-25-5-1-2-13(10-25)23-15-22-4-3-14(24-15)16(18,19)20/h3-4,6-8,13H,1-2,5,9-10H2,(H,22,23,24). The maximum atomic E-state index is 13.2. The Morgan fingerprint density at radius 1 is 1.28 bits per heavy atom. The molecule has 2 aromatic heterocycles. The summed E-state index contributed by atoms with van der Waals surface area (Å²) in [7, 11) is 0. The number of nitrogens with zero attached hydrogens (tertiary/aromatic N) is 4. The second-order valence-electron chi connectivity index (χ2n) is 5.99. The number of likely N-dealkylation sites (tertiary alicyclic amines) is 1. The average molecular weight is 355 g/mol. The van der Waals surface area contributed by atoms with Crippen LogP contribution in [0.1, 0.15) is 24.1 Å². The Balaban J connectivity index is 1.62. The van der Waals surface area contributed by atoms with Crippen molar-refractivity contribution in [3.63, 3.8) is 0 Å². The van der Waals surface area contributed by atoms with Gasteiger partial charge in [-0.2, -0.15) is 13.2 Å². The second-order valence-corrected chi connectivity index (χ2v) is 5.99. The van der Waals surface area contributed by atoms with E-state index in [1.165, 1.54) is 6.07 Å². The van der Waals surface area contributed by atoms with Crippen molar-refractivity contribution >= 4 is 5.95 Å². The normalized spacial score (nSPS) is 19.0. The van der Waals surface area contributed by atoms with Gasteiger partial charge in [0.25, 0.3) is 0 Å². The van der Waals surface area contributed by atoms with E-state index in [4.69, 9.17) is 0 Å². The number of hydrogen-bond donors (Lipinski definition) is 1. The Kier molecular flexibility index (Phi) is 5.12. The lowest BCUT2D eigenvalue weighted by atomic mass is 10.1. The number of alkyl halides is 3. The van der Waals surface area contributed by atoms with Crippen molar-refractivity contribution in [2.45, 2.75) is 31.6 Å². The van der Waals surface area contributed by atoms with Crippen LogP contribution in [-0.4, -0.2) is 39.0 Å². The second kappa shape index (κ2) is 7.30. The zero-order valence-corrected chi connectivity index (χ0v) is 13.3. The predicted octanol–water partition coefficient (Wildman–Crippen LogP) is 3.11. The highest BCUT2D eigenvalue weighted by Gasteiger charge is 2.33. The van der Waals surface area contributed by atoms with Gasteiger partial charge in [-0.1, -0.05) is 0 Å². The Labute approximate surface area is 142 Å². The largest absolute Gasteiger partial charge is 0.433 e. The first-order valence-electron chi connectivity index (χ1n) is 7.89. The molecule has 5 nitrogen and oxygen atoms in total. The van der Waals surface area contributed by atoms with Gasteiger partial charge in [-0.25, -0.2) is 14.4 Å². The van der Waals surface area contributed by atoms with Crippen LogP contribution in [0.15, 0.2) is 30.7 Å². The van der Waals surface area contributed by atoms with Gasteiger partial charge in [-0.3, -0.25) is 9.88 Å². The van der Waals surface area contributed by atoms with Crippen LogP contribution in [0.25, 0.3) is 0 Å². The molecule has 1 unspecified atom stereocenters. The summed E-state index contributed by atoms with van der Waals surface area (Å²) < 4.78 is 51.4. The van der Waals surface area contributed by atoms with Gasteiger partial charge in [-0.05, 0) is 37.1 Å². The molecule has 3 heterocycles. The first kappa shape index (κ1) is 17.5. The third kappa shape index (κ3) is 4.85. The predicted molar refractivity (Wildman–Crippen MR) is 83.2 cm³/mol. The zero-order valence-electron chi connectivity index (χ0n) is 13.3. The molecule has 134 valence electrons. The molecule has 9 heteroatoms. The van der Waals surface area contributed by atoms with Crippen molar-refractivity contribution < 1.29 is 17.6 Å². The fraction of sp³-hybridized carbons (Fsp3) is 0.438. The van der Waals surface area contributed by atoms with Crippen molar-refractivity contribution in [1.82, 2.24) is 19.9 Å². The molecular weight excluding hydrogens is 338 g/mol. The molecule has 25 heavy (non-hydrogen) atoms. The van der Waals surface area contributed by atoms with Crippen LogP contribution in [0.3, 0.4) is 0 Å².